The third kappa shape index (κ3) is 2.91. The monoisotopic (exact) mass is 218 g/mol. The number of aromatic nitrogens is 2. The molecule has 1 fully saturated rings. The zero-order valence-corrected chi connectivity index (χ0v) is 9.02. The van der Waals surface area contributed by atoms with Crippen molar-refractivity contribution in [1.82, 2.24) is 9.97 Å². The van der Waals surface area contributed by atoms with Gasteiger partial charge in [0.1, 0.15) is 11.8 Å². The summed E-state index contributed by atoms with van der Waals surface area (Å²) in [6, 6.07) is 3.58. The minimum absolute atomic E-state index is 0.386. The van der Waals surface area contributed by atoms with E-state index in [1.807, 2.05) is 6.07 Å². The molecule has 0 amide bonds. The normalized spacial score (nSPS) is 20.1. The minimum Gasteiger partial charge on any atom is -0.381 e. The van der Waals surface area contributed by atoms with Gasteiger partial charge in [0.25, 0.3) is 0 Å². The van der Waals surface area contributed by atoms with Crippen molar-refractivity contribution in [3.63, 3.8) is 0 Å². The Morgan fingerprint density at radius 3 is 3.31 bits per heavy atom. The lowest BCUT2D eigenvalue weighted by Gasteiger charge is -2.22. The molecule has 0 radical (unpaired) electrons. The first-order valence-electron chi connectivity index (χ1n) is 5.43. The van der Waals surface area contributed by atoms with Crippen LogP contribution in [0.1, 0.15) is 18.5 Å². The molecule has 2 rings (SSSR count). The molecule has 16 heavy (non-hydrogen) atoms. The van der Waals surface area contributed by atoms with Crippen LogP contribution in [0.15, 0.2) is 12.3 Å². The molecule has 84 valence electrons. The first kappa shape index (κ1) is 10.8. The highest BCUT2D eigenvalue weighted by Gasteiger charge is 2.13. The van der Waals surface area contributed by atoms with Crippen LogP contribution in [0.5, 0.6) is 0 Å². The number of hydrogen-bond donors (Lipinski definition) is 1. The van der Waals surface area contributed by atoms with Crippen LogP contribution in [0.25, 0.3) is 0 Å². The average molecular weight is 218 g/mol. The Morgan fingerprint density at radius 1 is 1.62 bits per heavy atom. The SMILES string of the molecule is N#Cc1ccnc(NCC2CCCOC2)n1. The number of ether oxygens (including phenoxy) is 1. The maximum atomic E-state index is 8.69. The van der Waals surface area contributed by atoms with Crippen molar-refractivity contribution < 1.29 is 4.74 Å². The third-order valence-electron chi connectivity index (χ3n) is 2.57. The molecule has 5 nitrogen and oxygen atoms in total. The second-order valence-corrected chi connectivity index (χ2v) is 3.84. The molecular weight excluding hydrogens is 204 g/mol. The molecule has 1 atom stereocenters. The lowest BCUT2D eigenvalue weighted by atomic mass is 10.0. The number of hydrogen-bond acceptors (Lipinski definition) is 5. The first-order valence-corrected chi connectivity index (χ1v) is 5.43. The molecule has 1 aliphatic rings. The Labute approximate surface area is 94.5 Å². The number of anilines is 1. The van der Waals surface area contributed by atoms with Gasteiger partial charge in [0, 0.05) is 19.3 Å². The number of nitrogens with zero attached hydrogens (tertiary/aromatic N) is 3. The Hall–Kier alpha value is -1.67. The standard InChI is InChI=1S/C11H14N4O/c12-6-10-3-4-13-11(15-10)14-7-9-2-1-5-16-8-9/h3-4,9H,1-2,5,7-8H2,(H,13,14,15). The maximum absolute atomic E-state index is 8.69. The van der Waals surface area contributed by atoms with Gasteiger partial charge < -0.3 is 10.1 Å². The highest BCUT2D eigenvalue weighted by atomic mass is 16.5. The molecule has 1 aromatic rings. The first-order chi connectivity index (χ1) is 7.88. The van der Waals surface area contributed by atoms with Crippen LogP contribution >= 0.6 is 0 Å². The number of nitrogens with one attached hydrogen (secondary N) is 1. The molecule has 5 heteroatoms. The van der Waals surface area contributed by atoms with E-state index in [2.05, 4.69) is 15.3 Å². The fraction of sp³-hybridized carbons (Fsp3) is 0.545. The van der Waals surface area contributed by atoms with Gasteiger partial charge in [-0.3, -0.25) is 0 Å². The summed E-state index contributed by atoms with van der Waals surface area (Å²) >= 11 is 0. The fourth-order valence-electron chi connectivity index (χ4n) is 1.71. The van der Waals surface area contributed by atoms with Crippen molar-refractivity contribution in [1.29, 1.82) is 5.26 Å². The molecule has 0 aromatic carbocycles. The molecule has 0 saturated carbocycles. The lowest BCUT2D eigenvalue weighted by Crippen LogP contribution is -2.24. The van der Waals surface area contributed by atoms with Crippen LogP contribution in [0.2, 0.25) is 0 Å². The van der Waals surface area contributed by atoms with Crippen molar-refractivity contribution in [2.75, 3.05) is 25.1 Å². The van der Waals surface area contributed by atoms with E-state index in [1.54, 1.807) is 12.3 Å². The molecular formula is C11H14N4O. The van der Waals surface area contributed by atoms with Crippen LogP contribution in [-0.4, -0.2) is 29.7 Å². The second kappa shape index (κ2) is 5.42. The van der Waals surface area contributed by atoms with E-state index in [0.717, 1.165) is 26.2 Å². The van der Waals surface area contributed by atoms with Crippen molar-refractivity contribution in [3.8, 4) is 6.07 Å². The largest absolute Gasteiger partial charge is 0.381 e. The molecule has 0 bridgehead atoms. The van der Waals surface area contributed by atoms with Gasteiger partial charge in [0.2, 0.25) is 5.95 Å². The number of nitriles is 1. The van der Waals surface area contributed by atoms with E-state index < -0.39 is 0 Å². The predicted molar refractivity (Wildman–Crippen MR) is 58.8 cm³/mol. The van der Waals surface area contributed by atoms with E-state index in [4.69, 9.17) is 10.00 Å². The summed E-state index contributed by atoms with van der Waals surface area (Å²) < 4.78 is 5.38. The summed E-state index contributed by atoms with van der Waals surface area (Å²) in [6.07, 6.45) is 3.88. The van der Waals surface area contributed by atoms with Gasteiger partial charge in [0.05, 0.1) is 6.61 Å². The fourth-order valence-corrected chi connectivity index (χ4v) is 1.71. The summed E-state index contributed by atoms with van der Waals surface area (Å²) in [7, 11) is 0. The Morgan fingerprint density at radius 2 is 2.56 bits per heavy atom. The predicted octanol–water partition coefficient (Wildman–Crippen LogP) is 1.19. The van der Waals surface area contributed by atoms with E-state index in [0.29, 0.717) is 17.6 Å². The zero-order valence-electron chi connectivity index (χ0n) is 9.02. The Kier molecular flexibility index (Phi) is 3.67. The van der Waals surface area contributed by atoms with Crippen molar-refractivity contribution in [2.45, 2.75) is 12.8 Å². The zero-order chi connectivity index (χ0) is 11.2. The summed E-state index contributed by atoms with van der Waals surface area (Å²) in [6.45, 7) is 2.47. The van der Waals surface area contributed by atoms with E-state index in [9.17, 15) is 0 Å². The van der Waals surface area contributed by atoms with Crippen LogP contribution in [-0.2, 0) is 4.74 Å². The quantitative estimate of drug-likeness (QED) is 0.825. The van der Waals surface area contributed by atoms with Crippen LogP contribution in [0.3, 0.4) is 0 Å². The summed E-state index contributed by atoms with van der Waals surface area (Å²) in [5.74, 6) is 1.03. The summed E-state index contributed by atoms with van der Waals surface area (Å²) in [4.78, 5) is 8.11. The van der Waals surface area contributed by atoms with Gasteiger partial charge in [-0.15, -0.1) is 0 Å². The molecule has 0 aliphatic carbocycles. The third-order valence-corrected chi connectivity index (χ3v) is 2.57. The highest BCUT2D eigenvalue weighted by Crippen LogP contribution is 2.13. The smallest absolute Gasteiger partial charge is 0.223 e. The van der Waals surface area contributed by atoms with Crippen LogP contribution in [0.4, 0.5) is 5.95 Å². The maximum Gasteiger partial charge on any atom is 0.223 e. The second-order valence-electron chi connectivity index (χ2n) is 3.84. The molecule has 1 saturated heterocycles. The van der Waals surface area contributed by atoms with Crippen LogP contribution < -0.4 is 5.32 Å². The minimum atomic E-state index is 0.386. The van der Waals surface area contributed by atoms with Gasteiger partial charge >= 0.3 is 0 Å². The van der Waals surface area contributed by atoms with Crippen molar-refractivity contribution in [2.24, 2.45) is 5.92 Å². The van der Waals surface area contributed by atoms with Gasteiger partial charge in [-0.05, 0) is 24.8 Å². The molecule has 2 heterocycles. The molecule has 1 aromatic heterocycles. The van der Waals surface area contributed by atoms with Crippen molar-refractivity contribution in [3.05, 3.63) is 18.0 Å². The molecule has 1 aliphatic heterocycles. The molecule has 1 N–H and O–H groups in total. The van der Waals surface area contributed by atoms with E-state index in [-0.39, 0.29) is 0 Å². The Balaban J connectivity index is 1.86. The molecule has 1 unspecified atom stereocenters. The van der Waals surface area contributed by atoms with Gasteiger partial charge in [-0.25, -0.2) is 9.97 Å². The van der Waals surface area contributed by atoms with Gasteiger partial charge in [-0.1, -0.05) is 0 Å². The summed E-state index contributed by atoms with van der Waals surface area (Å²) in [5.41, 5.74) is 0.386. The average Bonchev–Trinajstić information content (AvgIpc) is 2.38. The van der Waals surface area contributed by atoms with Crippen molar-refractivity contribution >= 4 is 5.95 Å². The van der Waals surface area contributed by atoms with Crippen LogP contribution in [0, 0.1) is 17.2 Å². The van der Waals surface area contributed by atoms with E-state index >= 15 is 0 Å². The van der Waals surface area contributed by atoms with E-state index in [1.165, 1.54) is 6.42 Å². The summed E-state index contributed by atoms with van der Waals surface area (Å²) in [5, 5.41) is 11.8. The van der Waals surface area contributed by atoms with Gasteiger partial charge in [0.15, 0.2) is 0 Å². The molecule has 0 spiro atoms. The van der Waals surface area contributed by atoms with Gasteiger partial charge in [-0.2, -0.15) is 5.26 Å². The number of rotatable bonds is 3. The topological polar surface area (TPSA) is 70.8 Å². The lowest BCUT2D eigenvalue weighted by molar-refractivity contribution is 0.0594. The highest BCUT2D eigenvalue weighted by molar-refractivity contribution is 5.29. The Bertz CT molecular complexity index is 382.